The van der Waals surface area contributed by atoms with Crippen molar-refractivity contribution in [2.24, 2.45) is 5.92 Å². The summed E-state index contributed by atoms with van der Waals surface area (Å²) in [6, 6.07) is 21.7. The van der Waals surface area contributed by atoms with E-state index in [0.717, 1.165) is 11.1 Å². The quantitative estimate of drug-likeness (QED) is 0.532. The highest BCUT2D eigenvalue weighted by atomic mass is 16.5. The number of methoxy groups -OCH3 is 1. The van der Waals surface area contributed by atoms with Gasteiger partial charge in [-0.2, -0.15) is 0 Å². The summed E-state index contributed by atoms with van der Waals surface area (Å²) in [6.45, 7) is 4.13. The van der Waals surface area contributed by atoms with E-state index >= 15 is 0 Å². The summed E-state index contributed by atoms with van der Waals surface area (Å²) < 4.78 is 5.42. The van der Waals surface area contributed by atoms with Crippen molar-refractivity contribution < 1.29 is 19.1 Å². The summed E-state index contributed by atoms with van der Waals surface area (Å²) in [5.74, 6) is -0.342. The Kier molecular flexibility index (Phi) is 7.15. The molecule has 0 aromatic heterocycles. The number of hydrogen-bond donors (Lipinski definition) is 2. The Balaban J connectivity index is 1.41. The molecule has 1 heterocycles. The summed E-state index contributed by atoms with van der Waals surface area (Å²) >= 11 is 0. The average Bonchev–Trinajstić information content (AvgIpc) is 3.26. The fourth-order valence-corrected chi connectivity index (χ4v) is 4.22. The second kappa shape index (κ2) is 10.4. The summed E-state index contributed by atoms with van der Waals surface area (Å²) in [5, 5.41) is 5.91. The van der Waals surface area contributed by atoms with Gasteiger partial charge in [0.05, 0.1) is 24.8 Å². The van der Waals surface area contributed by atoms with Gasteiger partial charge < -0.3 is 20.3 Å². The third-order valence-corrected chi connectivity index (χ3v) is 6.16. The van der Waals surface area contributed by atoms with E-state index in [1.54, 1.807) is 24.1 Å². The molecule has 0 bridgehead atoms. The standard InChI is InChI=1S/C28H29N3O4/c1-18-12-13-25(35-3)24(14-18)31-17-22(16-26(31)32)28(34)29-19(2)21-10-7-11-23(15-21)30-27(33)20-8-5-4-6-9-20/h4-15,19,22H,16-17H2,1-3H3,(H,29,34)(H,30,33). The molecule has 3 amide bonds. The second-order valence-electron chi connectivity index (χ2n) is 8.76. The molecule has 0 spiro atoms. The smallest absolute Gasteiger partial charge is 0.255 e. The number of carbonyl (C=O) groups excluding carboxylic acids is 3. The van der Waals surface area contributed by atoms with E-state index in [0.29, 0.717) is 29.2 Å². The van der Waals surface area contributed by atoms with E-state index < -0.39 is 5.92 Å². The van der Waals surface area contributed by atoms with Crippen LogP contribution in [0.2, 0.25) is 0 Å². The highest BCUT2D eigenvalue weighted by Gasteiger charge is 2.36. The Hall–Kier alpha value is -4.13. The monoisotopic (exact) mass is 471 g/mol. The number of nitrogens with one attached hydrogen (secondary N) is 2. The number of carbonyl (C=O) groups is 3. The molecule has 4 rings (SSSR count). The first kappa shape index (κ1) is 24.0. The zero-order valence-corrected chi connectivity index (χ0v) is 20.1. The molecule has 2 N–H and O–H groups in total. The van der Waals surface area contributed by atoms with E-state index in [1.165, 1.54) is 0 Å². The van der Waals surface area contributed by atoms with Crippen molar-refractivity contribution in [3.05, 3.63) is 89.5 Å². The largest absolute Gasteiger partial charge is 0.495 e. The Morgan fingerprint density at radius 2 is 1.80 bits per heavy atom. The Morgan fingerprint density at radius 1 is 1.03 bits per heavy atom. The van der Waals surface area contributed by atoms with Gasteiger partial charge in [0.15, 0.2) is 0 Å². The summed E-state index contributed by atoms with van der Waals surface area (Å²) in [6.07, 6.45) is 0.142. The zero-order chi connectivity index (χ0) is 24.9. The number of ether oxygens (including phenoxy) is 1. The van der Waals surface area contributed by atoms with Crippen LogP contribution in [0, 0.1) is 12.8 Å². The maximum absolute atomic E-state index is 13.0. The lowest BCUT2D eigenvalue weighted by atomic mass is 10.0. The predicted octanol–water partition coefficient (Wildman–Crippen LogP) is 4.49. The molecule has 180 valence electrons. The van der Waals surface area contributed by atoms with Crippen molar-refractivity contribution in [2.45, 2.75) is 26.3 Å². The number of benzene rings is 3. The van der Waals surface area contributed by atoms with Gasteiger partial charge in [0.1, 0.15) is 5.75 Å². The van der Waals surface area contributed by atoms with Gasteiger partial charge in [0, 0.05) is 24.2 Å². The minimum Gasteiger partial charge on any atom is -0.495 e. The lowest BCUT2D eigenvalue weighted by Gasteiger charge is -2.21. The van der Waals surface area contributed by atoms with Crippen molar-refractivity contribution in [1.82, 2.24) is 5.32 Å². The summed E-state index contributed by atoms with van der Waals surface area (Å²) in [7, 11) is 1.57. The van der Waals surface area contributed by atoms with Crippen LogP contribution < -0.4 is 20.3 Å². The van der Waals surface area contributed by atoms with Crippen molar-refractivity contribution in [3.8, 4) is 5.75 Å². The number of rotatable bonds is 7. The van der Waals surface area contributed by atoms with Gasteiger partial charge in [-0.15, -0.1) is 0 Å². The molecular formula is C28H29N3O4. The summed E-state index contributed by atoms with van der Waals surface area (Å²) in [4.78, 5) is 39.9. The van der Waals surface area contributed by atoms with Crippen LogP contribution in [0.3, 0.4) is 0 Å². The molecule has 2 atom stereocenters. The minimum atomic E-state index is -0.462. The van der Waals surface area contributed by atoms with Gasteiger partial charge in [-0.3, -0.25) is 14.4 Å². The molecule has 0 aliphatic carbocycles. The van der Waals surface area contributed by atoms with Crippen molar-refractivity contribution in [2.75, 3.05) is 23.9 Å². The molecule has 3 aromatic carbocycles. The predicted molar refractivity (Wildman–Crippen MR) is 136 cm³/mol. The molecule has 0 saturated carbocycles. The molecule has 35 heavy (non-hydrogen) atoms. The number of amides is 3. The van der Waals surface area contributed by atoms with Crippen LogP contribution in [0.1, 0.15) is 40.9 Å². The first-order chi connectivity index (χ1) is 16.9. The van der Waals surface area contributed by atoms with Crippen LogP contribution in [0.5, 0.6) is 5.75 Å². The lowest BCUT2D eigenvalue weighted by molar-refractivity contribution is -0.126. The molecule has 3 aromatic rings. The molecule has 1 aliphatic heterocycles. The molecule has 1 aliphatic rings. The van der Waals surface area contributed by atoms with Gasteiger partial charge in [-0.05, 0) is 61.4 Å². The van der Waals surface area contributed by atoms with Gasteiger partial charge in [0.2, 0.25) is 11.8 Å². The maximum Gasteiger partial charge on any atom is 0.255 e. The molecular weight excluding hydrogens is 442 g/mol. The third kappa shape index (κ3) is 5.51. The fraction of sp³-hybridized carbons (Fsp3) is 0.250. The van der Waals surface area contributed by atoms with Gasteiger partial charge in [-0.25, -0.2) is 0 Å². The minimum absolute atomic E-state index is 0.104. The number of nitrogens with zero attached hydrogens (tertiary/aromatic N) is 1. The second-order valence-corrected chi connectivity index (χ2v) is 8.76. The van der Waals surface area contributed by atoms with Crippen LogP contribution in [0.15, 0.2) is 72.8 Å². The van der Waals surface area contributed by atoms with E-state index in [9.17, 15) is 14.4 Å². The van der Waals surface area contributed by atoms with Crippen LogP contribution in [0.4, 0.5) is 11.4 Å². The van der Waals surface area contributed by atoms with Crippen LogP contribution in [-0.4, -0.2) is 31.4 Å². The SMILES string of the molecule is COc1ccc(C)cc1N1CC(C(=O)NC(C)c2cccc(NC(=O)c3ccccc3)c2)CC1=O. The highest BCUT2D eigenvalue weighted by Crippen LogP contribution is 2.34. The van der Waals surface area contributed by atoms with Gasteiger partial charge in [-0.1, -0.05) is 36.4 Å². The molecule has 7 heteroatoms. The molecule has 1 fully saturated rings. The highest BCUT2D eigenvalue weighted by molar-refractivity contribution is 6.04. The normalized spacial score (nSPS) is 16.0. The Bertz CT molecular complexity index is 1240. The van der Waals surface area contributed by atoms with Gasteiger partial charge >= 0.3 is 0 Å². The Morgan fingerprint density at radius 3 is 2.54 bits per heavy atom. The number of anilines is 2. The first-order valence-corrected chi connectivity index (χ1v) is 11.6. The van der Waals surface area contributed by atoms with E-state index in [2.05, 4.69) is 10.6 Å². The zero-order valence-electron chi connectivity index (χ0n) is 20.1. The van der Waals surface area contributed by atoms with E-state index in [-0.39, 0.29) is 30.2 Å². The van der Waals surface area contributed by atoms with Crippen molar-refractivity contribution in [1.29, 1.82) is 0 Å². The van der Waals surface area contributed by atoms with Crippen LogP contribution >= 0.6 is 0 Å². The third-order valence-electron chi connectivity index (χ3n) is 6.16. The van der Waals surface area contributed by atoms with Gasteiger partial charge in [0.25, 0.3) is 5.91 Å². The van der Waals surface area contributed by atoms with Crippen LogP contribution in [0.25, 0.3) is 0 Å². The van der Waals surface area contributed by atoms with E-state index in [4.69, 9.17) is 4.74 Å². The topological polar surface area (TPSA) is 87.7 Å². The average molecular weight is 472 g/mol. The first-order valence-electron chi connectivity index (χ1n) is 11.6. The molecule has 7 nitrogen and oxygen atoms in total. The van der Waals surface area contributed by atoms with Crippen molar-refractivity contribution >= 4 is 29.1 Å². The number of hydrogen-bond acceptors (Lipinski definition) is 4. The van der Waals surface area contributed by atoms with Crippen molar-refractivity contribution in [3.63, 3.8) is 0 Å². The molecule has 2 unspecified atom stereocenters. The Labute approximate surface area is 205 Å². The van der Waals surface area contributed by atoms with E-state index in [1.807, 2.05) is 74.5 Å². The fourth-order valence-electron chi connectivity index (χ4n) is 4.22. The summed E-state index contributed by atoms with van der Waals surface area (Å²) in [5.41, 5.74) is 3.76. The molecule has 0 radical (unpaired) electrons. The van der Waals surface area contributed by atoms with Crippen LogP contribution in [-0.2, 0) is 9.59 Å². The molecule has 1 saturated heterocycles. The number of aryl methyl sites for hydroxylation is 1. The maximum atomic E-state index is 13.0. The lowest BCUT2D eigenvalue weighted by Crippen LogP contribution is -2.34.